The Bertz CT molecular complexity index is 983. The van der Waals surface area contributed by atoms with Gasteiger partial charge in [-0.15, -0.1) is 5.10 Å². The number of carbonyl (C=O) groups is 1. The molecule has 146 valence electrons. The van der Waals surface area contributed by atoms with E-state index >= 15 is 0 Å². The summed E-state index contributed by atoms with van der Waals surface area (Å²) < 4.78 is 28.5. The lowest BCUT2D eigenvalue weighted by atomic mass is 9.67. The van der Waals surface area contributed by atoms with Crippen molar-refractivity contribution in [2.45, 2.75) is 44.1 Å². The summed E-state index contributed by atoms with van der Waals surface area (Å²) in [4.78, 5) is 15.1. The molecule has 3 aliphatic rings. The second-order valence-electron chi connectivity index (χ2n) is 8.71. The summed E-state index contributed by atoms with van der Waals surface area (Å²) in [7, 11) is 0. The molecule has 2 aromatic rings. The zero-order valence-corrected chi connectivity index (χ0v) is 15.7. The number of fused-ring (bicyclic) bond motifs is 5. The average Bonchev–Trinajstić information content (AvgIpc) is 3.00. The molecule has 0 spiro atoms. The standard InChI is InChI=1S/C21H21F2N3O2/c1-20(2)13-6-7-21(20,19(28)26-9-11(27)10-26)18-12(13)8-16(24-25-18)17-14(22)4-3-5-15(17)23/h3-5,8,11,13,27H,6-7,9-10H2,1-2H3/t13-,21+/m0/s1. The lowest BCUT2D eigenvalue weighted by Crippen LogP contribution is -2.61. The Hall–Kier alpha value is -2.41. The molecule has 1 saturated carbocycles. The molecule has 2 atom stereocenters. The van der Waals surface area contributed by atoms with Crippen molar-refractivity contribution in [3.05, 3.63) is 47.2 Å². The van der Waals surface area contributed by atoms with Crippen LogP contribution in [0.2, 0.25) is 0 Å². The van der Waals surface area contributed by atoms with E-state index in [0.29, 0.717) is 25.2 Å². The third kappa shape index (κ3) is 2.00. The number of nitrogens with zero attached hydrogens (tertiary/aromatic N) is 3. The molecule has 1 saturated heterocycles. The van der Waals surface area contributed by atoms with Gasteiger partial charge in [0.25, 0.3) is 0 Å². The van der Waals surface area contributed by atoms with Gasteiger partial charge in [0.05, 0.1) is 28.5 Å². The van der Waals surface area contributed by atoms with E-state index in [1.54, 1.807) is 11.0 Å². The van der Waals surface area contributed by atoms with E-state index in [4.69, 9.17) is 0 Å². The fourth-order valence-electron chi connectivity index (χ4n) is 5.55. The van der Waals surface area contributed by atoms with Crippen LogP contribution in [0.4, 0.5) is 8.78 Å². The van der Waals surface area contributed by atoms with Crippen LogP contribution < -0.4 is 0 Å². The van der Waals surface area contributed by atoms with Gasteiger partial charge in [0.15, 0.2) is 0 Å². The van der Waals surface area contributed by atoms with Crippen molar-refractivity contribution in [3.8, 4) is 11.3 Å². The number of carbonyl (C=O) groups excluding carboxylic acids is 1. The van der Waals surface area contributed by atoms with E-state index < -0.39 is 23.2 Å². The molecule has 1 aromatic heterocycles. The first-order valence-corrected chi connectivity index (χ1v) is 9.57. The number of amides is 1. The zero-order valence-electron chi connectivity index (χ0n) is 15.7. The summed E-state index contributed by atoms with van der Waals surface area (Å²) >= 11 is 0. The number of hydrogen-bond acceptors (Lipinski definition) is 4. The smallest absolute Gasteiger partial charge is 0.235 e. The van der Waals surface area contributed by atoms with Crippen LogP contribution in [0.5, 0.6) is 0 Å². The molecular weight excluding hydrogens is 364 g/mol. The highest BCUT2D eigenvalue weighted by Gasteiger charge is 2.68. The number of halogens is 2. The van der Waals surface area contributed by atoms with Gasteiger partial charge < -0.3 is 10.0 Å². The van der Waals surface area contributed by atoms with Gasteiger partial charge in [-0.1, -0.05) is 19.9 Å². The van der Waals surface area contributed by atoms with Gasteiger partial charge in [-0.25, -0.2) is 8.78 Å². The van der Waals surface area contributed by atoms with Crippen LogP contribution in [0.15, 0.2) is 24.3 Å². The highest BCUT2D eigenvalue weighted by molar-refractivity contribution is 5.92. The first kappa shape index (κ1) is 17.7. The molecule has 1 amide bonds. The topological polar surface area (TPSA) is 66.3 Å². The normalized spacial score (nSPS) is 27.6. The third-order valence-electron chi connectivity index (χ3n) is 7.12. The molecule has 0 unspecified atom stereocenters. The fourth-order valence-corrected chi connectivity index (χ4v) is 5.55. The van der Waals surface area contributed by atoms with Crippen LogP contribution in [0, 0.1) is 17.0 Å². The summed E-state index contributed by atoms with van der Waals surface area (Å²) in [5.74, 6) is -1.32. The first-order chi connectivity index (χ1) is 13.3. The Balaban J connectivity index is 1.64. The SMILES string of the molecule is CC1(C)[C@H]2CC[C@]1(C(=O)N1CC(O)C1)c1nnc(-c3c(F)cccc3F)cc12. The van der Waals surface area contributed by atoms with E-state index in [9.17, 15) is 18.7 Å². The van der Waals surface area contributed by atoms with Crippen LogP contribution in [-0.2, 0) is 10.2 Å². The van der Waals surface area contributed by atoms with E-state index in [2.05, 4.69) is 24.0 Å². The zero-order chi connectivity index (χ0) is 19.8. The van der Waals surface area contributed by atoms with Gasteiger partial charge in [0.2, 0.25) is 5.91 Å². The number of likely N-dealkylation sites (tertiary alicyclic amines) is 1. The quantitative estimate of drug-likeness (QED) is 0.863. The summed E-state index contributed by atoms with van der Waals surface area (Å²) in [5, 5.41) is 18.1. The van der Waals surface area contributed by atoms with E-state index in [1.165, 1.54) is 18.2 Å². The van der Waals surface area contributed by atoms with Crippen molar-refractivity contribution in [2.24, 2.45) is 5.41 Å². The lowest BCUT2D eigenvalue weighted by Gasteiger charge is -2.45. The van der Waals surface area contributed by atoms with E-state index in [1.807, 2.05) is 0 Å². The summed E-state index contributed by atoms with van der Waals surface area (Å²) in [6.07, 6.45) is 1.01. The molecular formula is C21H21F2N3O2. The molecule has 1 aliphatic heterocycles. The van der Waals surface area contributed by atoms with Crippen molar-refractivity contribution in [1.82, 2.24) is 15.1 Å². The minimum Gasteiger partial charge on any atom is -0.389 e. The Morgan fingerprint density at radius 3 is 2.54 bits per heavy atom. The predicted octanol–water partition coefficient (Wildman–Crippen LogP) is 2.78. The second kappa shape index (κ2) is 5.56. The highest BCUT2D eigenvalue weighted by Crippen LogP contribution is 2.68. The highest BCUT2D eigenvalue weighted by atomic mass is 19.1. The monoisotopic (exact) mass is 385 g/mol. The van der Waals surface area contributed by atoms with Gasteiger partial charge >= 0.3 is 0 Å². The van der Waals surface area contributed by atoms with Gasteiger partial charge in [0, 0.05) is 13.1 Å². The van der Waals surface area contributed by atoms with Crippen LogP contribution >= 0.6 is 0 Å². The number of benzene rings is 1. The fraction of sp³-hybridized carbons (Fsp3) is 0.476. The maximum atomic E-state index is 14.2. The average molecular weight is 385 g/mol. The number of aromatic nitrogens is 2. The minimum absolute atomic E-state index is 0.0248. The maximum Gasteiger partial charge on any atom is 0.235 e. The first-order valence-electron chi connectivity index (χ1n) is 9.57. The van der Waals surface area contributed by atoms with Gasteiger partial charge in [-0.2, -0.15) is 5.10 Å². The van der Waals surface area contributed by atoms with Crippen molar-refractivity contribution in [2.75, 3.05) is 13.1 Å². The van der Waals surface area contributed by atoms with Crippen LogP contribution in [0.3, 0.4) is 0 Å². The number of β-amino-alcohol motifs (C(OH)–C–C–N with tert-alkyl or cyclic N) is 1. The molecule has 0 radical (unpaired) electrons. The van der Waals surface area contributed by atoms with Crippen molar-refractivity contribution in [3.63, 3.8) is 0 Å². The largest absolute Gasteiger partial charge is 0.389 e. The van der Waals surface area contributed by atoms with Crippen molar-refractivity contribution >= 4 is 5.91 Å². The molecule has 1 N–H and O–H groups in total. The van der Waals surface area contributed by atoms with Gasteiger partial charge in [-0.3, -0.25) is 4.79 Å². The van der Waals surface area contributed by atoms with Crippen LogP contribution in [-0.4, -0.2) is 45.3 Å². The molecule has 7 heteroatoms. The Labute approximate surface area is 161 Å². The minimum atomic E-state index is -0.799. The molecule has 28 heavy (non-hydrogen) atoms. The van der Waals surface area contributed by atoms with Crippen LogP contribution in [0.25, 0.3) is 11.3 Å². The number of hydrogen-bond donors (Lipinski definition) is 1. The van der Waals surface area contributed by atoms with Crippen molar-refractivity contribution in [1.29, 1.82) is 0 Å². The summed E-state index contributed by atoms with van der Waals surface area (Å²) in [5.41, 5.74) is 0.267. The van der Waals surface area contributed by atoms with E-state index in [-0.39, 0.29) is 28.5 Å². The molecule has 5 nitrogen and oxygen atoms in total. The number of aliphatic hydroxyl groups is 1. The predicted molar refractivity (Wildman–Crippen MR) is 97.4 cm³/mol. The maximum absolute atomic E-state index is 14.2. The van der Waals surface area contributed by atoms with Crippen molar-refractivity contribution < 1.29 is 18.7 Å². The Kier molecular flexibility index (Phi) is 3.51. The molecule has 5 rings (SSSR count). The van der Waals surface area contributed by atoms with Gasteiger partial charge in [0.1, 0.15) is 11.6 Å². The van der Waals surface area contributed by atoms with Gasteiger partial charge in [-0.05, 0) is 47.9 Å². The molecule has 2 fully saturated rings. The Morgan fingerprint density at radius 2 is 1.89 bits per heavy atom. The molecule has 2 bridgehead atoms. The Morgan fingerprint density at radius 1 is 1.21 bits per heavy atom. The number of aliphatic hydroxyl groups excluding tert-OH is 1. The van der Waals surface area contributed by atoms with E-state index in [0.717, 1.165) is 12.0 Å². The molecule has 2 heterocycles. The van der Waals surface area contributed by atoms with Crippen LogP contribution in [0.1, 0.15) is 43.9 Å². The molecule has 1 aromatic carbocycles. The summed E-state index contributed by atoms with van der Waals surface area (Å²) in [6.45, 7) is 4.79. The molecule has 2 aliphatic carbocycles. The third-order valence-corrected chi connectivity index (χ3v) is 7.12. The second-order valence-corrected chi connectivity index (χ2v) is 8.71. The number of rotatable bonds is 2. The summed E-state index contributed by atoms with van der Waals surface area (Å²) in [6, 6.07) is 5.41. The lowest BCUT2D eigenvalue weighted by molar-refractivity contribution is -0.151.